The number of carboxylic acids is 1. The maximum absolute atomic E-state index is 13.7. The molecule has 4 aromatic carbocycles. The number of amides is 2. The lowest BCUT2D eigenvalue weighted by Crippen LogP contribution is -2.28. The van der Waals surface area contributed by atoms with Gasteiger partial charge in [0.15, 0.2) is 0 Å². The number of aromatic carboxylic acids is 1. The van der Waals surface area contributed by atoms with Crippen molar-refractivity contribution in [2.45, 2.75) is 44.3 Å². The number of nitrogens with one attached hydrogen (secondary N) is 3. The summed E-state index contributed by atoms with van der Waals surface area (Å²) in [6, 6.07) is 25.9. The van der Waals surface area contributed by atoms with E-state index in [0.717, 1.165) is 42.5 Å². The second kappa shape index (κ2) is 26.4. The van der Waals surface area contributed by atoms with Gasteiger partial charge >= 0.3 is 12.1 Å². The quantitative estimate of drug-likeness (QED) is 0.0362. The Kier molecular flexibility index (Phi) is 20.4. The first-order chi connectivity index (χ1) is 32.7. The third-order valence-corrected chi connectivity index (χ3v) is 11.8. The summed E-state index contributed by atoms with van der Waals surface area (Å²) in [6.45, 7) is 7.98. The number of sulfonamides is 1. The highest BCUT2D eigenvalue weighted by atomic mass is 32.2. The van der Waals surface area contributed by atoms with E-state index in [4.69, 9.17) is 24.1 Å². The van der Waals surface area contributed by atoms with Crippen LogP contribution in [0, 0.1) is 0 Å². The SMILES string of the molecule is CCN(CC)c1ccc(NC(=O)c2cccc(CCCOCCOCCOCCOCCNS(=O)(=O)c3cccc(C(=O)O)c3)c2)c(-c2cc(C(=O)NCc3cccc(C(F)(F)F)c3)ccn2)c1. The van der Waals surface area contributed by atoms with Crippen LogP contribution < -0.4 is 20.3 Å². The molecule has 0 saturated heterocycles. The van der Waals surface area contributed by atoms with E-state index >= 15 is 0 Å². The molecule has 0 fully saturated rings. The van der Waals surface area contributed by atoms with Crippen molar-refractivity contribution in [3.05, 3.63) is 143 Å². The Morgan fingerprint density at radius 1 is 0.691 bits per heavy atom. The van der Waals surface area contributed by atoms with Gasteiger partial charge in [-0.3, -0.25) is 14.6 Å². The van der Waals surface area contributed by atoms with E-state index in [1.807, 2.05) is 44.2 Å². The molecule has 68 heavy (non-hydrogen) atoms. The molecule has 5 rings (SSSR count). The molecule has 0 unspecified atom stereocenters. The van der Waals surface area contributed by atoms with Gasteiger partial charge in [0.25, 0.3) is 11.8 Å². The van der Waals surface area contributed by atoms with Crippen molar-refractivity contribution < 1.29 is 60.0 Å². The summed E-state index contributed by atoms with van der Waals surface area (Å²) in [4.78, 5) is 44.6. The molecular formula is C49H56F3N5O10S. The molecular weight excluding hydrogens is 908 g/mol. The largest absolute Gasteiger partial charge is 0.478 e. The Morgan fingerprint density at radius 2 is 1.32 bits per heavy atom. The van der Waals surface area contributed by atoms with Crippen LogP contribution in [0.3, 0.4) is 0 Å². The number of carboxylic acid groups (broad SMARTS) is 1. The second-order valence-corrected chi connectivity index (χ2v) is 16.9. The molecule has 15 nitrogen and oxygen atoms in total. The van der Waals surface area contributed by atoms with Crippen LogP contribution in [0.2, 0.25) is 0 Å². The molecule has 0 atom stereocenters. The average molecular weight is 964 g/mol. The molecule has 0 radical (unpaired) electrons. The van der Waals surface area contributed by atoms with E-state index in [9.17, 15) is 36.0 Å². The van der Waals surface area contributed by atoms with E-state index < -0.39 is 33.6 Å². The summed E-state index contributed by atoms with van der Waals surface area (Å²) in [5.74, 6) is -2.06. The molecule has 1 aromatic heterocycles. The van der Waals surface area contributed by atoms with Gasteiger partial charge in [-0.15, -0.1) is 0 Å². The zero-order valence-electron chi connectivity index (χ0n) is 37.8. The smallest absolute Gasteiger partial charge is 0.416 e. The Labute approximate surface area is 394 Å². The van der Waals surface area contributed by atoms with Gasteiger partial charge in [-0.2, -0.15) is 13.2 Å². The lowest BCUT2D eigenvalue weighted by molar-refractivity contribution is -0.137. The average Bonchev–Trinajstić information content (AvgIpc) is 3.33. The number of aryl methyl sites for hydroxylation is 1. The highest BCUT2D eigenvalue weighted by Crippen LogP contribution is 2.33. The lowest BCUT2D eigenvalue weighted by Gasteiger charge is -2.23. The van der Waals surface area contributed by atoms with Gasteiger partial charge in [0.1, 0.15) is 0 Å². The fraction of sp³-hybridized carbons (Fsp3) is 0.347. The number of carbonyl (C=O) groups is 3. The van der Waals surface area contributed by atoms with Crippen molar-refractivity contribution in [1.29, 1.82) is 0 Å². The molecule has 0 spiro atoms. The highest BCUT2D eigenvalue weighted by molar-refractivity contribution is 7.89. The summed E-state index contributed by atoms with van der Waals surface area (Å²) in [5.41, 5.74) is 3.38. The first kappa shape index (κ1) is 52.7. The topological polar surface area (TPSA) is 195 Å². The molecule has 5 aromatic rings. The Hall–Kier alpha value is -6.22. The highest BCUT2D eigenvalue weighted by Gasteiger charge is 2.30. The van der Waals surface area contributed by atoms with E-state index in [1.165, 1.54) is 42.6 Å². The predicted molar refractivity (Wildman–Crippen MR) is 250 cm³/mol. The third kappa shape index (κ3) is 16.5. The lowest BCUT2D eigenvalue weighted by atomic mass is 10.0. The predicted octanol–water partition coefficient (Wildman–Crippen LogP) is 7.47. The Bertz CT molecular complexity index is 2560. The van der Waals surface area contributed by atoms with E-state index in [1.54, 1.807) is 18.2 Å². The van der Waals surface area contributed by atoms with Crippen LogP contribution in [0.25, 0.3) is 11.3 Å². The number of ether oxygens (including phenoxy) is 4. The normalized spacial score (nSPS) is 11.6. The van der Waals surface area contributed by atoms with E-state index in [-0.39, 0.29) is 54.8 Å². The first-order valence-corrected chi connectivity index (χ1v) is 23.5. The number of carbonyl (C=O) groups excluding carboxylic acids is 2. The molecule has 0 aliphatic rings. The van der Waals surface area contributed by atoms with Crippen molar-refractivity contribution in [2.75, 3.05) is 82.7 Å². The van der Waals surface area contributed by atoms with Crippen LogP contribution in [0.15, 0.2) is 114 Å². The number of benzene rings is 4. The molecule has 19 heteroatoms. The van der Waals surface area contributed by atoms with Crippen LogP contribution >= 0.6 is 0 Å². The fourth-order valence-corrected chi connectivity index (χ4v) is 7.89. The summed E-state index contributed by atoms with van der Waals surface area (Å²) in [6.07, 6.45) is -1.65. The maximum atomic E-state index is 13.7. The number of pyridine rings is 1. The molecule has 1 heterocycles. The van der Waals surface area contributed by atoms with Crippen LogP contribution in [0.1, 0.15) is 68.0 Å². The minimum atomic E-state index is -4.50. The molecule has 0 aliphatic carbocycles. The number of aromatic nitrogens is 1. The second-order valence-electron chi connectivity index (χ2n) is 15.2. The van der Waals surface area contributed by atoms with Crippen molar-refractivity contribution >= 4 is 39.2 Å². The van der Waals surface area contributed by atoms with E-state index in [2.05, 4.69) is 25.2 Å². The van der Waals surface area contributed by atoms with E-state index in [0.29, 0.717) is 73.9 Å². The summed E-state index contributed by atoms with van der Waals surface area (Å²) in [7, 11) is -3.87. The zero-order valence-corrected chi connectivity index (χ0v) is 38.7. The monoisotopic (exact) mass is 963 g/mol. The van der Waals surface area contributed by atoms with Gasteiger partial charge < -0.3 is 39.6 Å². The summed E-state index contributed by atoms with van der Waals surface area (Å²) in [5, 5.41) is 14.8. The molecule has 2 amide bonds. The Morgan fingerprint density at radius 3 is 2.01 bits per heavy atom. The molecule has 364 valence electrons. The van der Waals surface area contributed by atoms with Gasteiger partial charge in [-0.1, -0.05) is 30.3 Å². The van der Waals surface area contributed by atoms with Crippen molar-refractivity contribution in [2.24, 2.45) is 0 Å². The fourth-order valence-electron chi connectivity index (χ4n) is 6.83. The van der Waals surface area contributed by atoms with Crippen molar-refractivity contribution in [1.82, 2.24) is 15.0 Å². The number of anilines is 2. The maximum Gasteiger partial charge on any atom is 0.416 e. The third-order valence-electron chi connectivity index (χ3n) is 10.4. The van der Waals surface area contributed by atoms with Crippen molar-refractivity contribution in [3.63, 3.8) is 0 Å². The molecule has 0 aliphatic heterocycles. The van der Waals surface area contributed by atoms with Crippen LogP contribution in [0.5, 0.6) is 0 Å². The number of halogens is 3. The first-order valence-electron chi connectivity index (χ1n) is 22.0. The Balaban J connectivity index is 1.02. The molecule has 0 saturated carbocycles. The summed E-state index contributed by atoms with van der Waals surface area (Å²) < 4.78 is 89.0. The van der Waals surface area contributed by atoms with Gasteiger partial charge in [0.05, 0.1) is 73.7 Å². The van der Waals surface area contributed by atoms with Gasteiger partial charge in [-0.25, -0.2) is 17.9 Å². The van der Waals surface area contributed by atoms with Gasteiger partial charge in [0.2, 0.25) is 10.0 Å². The minimum absolute atomic E-state index is 0.00688. The number of rotatable bonds is 28. The number of nitrogens with zero attached hydrogens (tertiary/aromatic N) is 2. The van der Waals surface area contributed by atoms with Crippen molar-refractivity contribution in [3.8, 4) is 11.3 Å². The van der Waals surface area contributed by atoms with Crippen LogP contribution in [-0.4, -0.2) is 109 Å². The van der Waals surface area contributed by atoms with Gasteiger partial charge in [0, 0.05) is 61.4 Å². The minimum Gasteiger partial charge on any atom is -0.478 e. The summed E-state index contributed by atoms with van der Waals surface area (Å²) >= 11 is 0. The van der Waals surface area contributed by atoms with Crippen LogP contribution in [-0.2, 0) is 48.1 Å². The number of alkyl halides is 3. The number of hydrogen-bond acceptors (Lipinski definition) is 11. The standard InChI is InChI=1S/C49H56F3N5O10S/c1-3-57(4-2)41-16-17-44(43(33-41)45-32-38(18-19-53-45)46(58)54-34-36-10-6-14-40(30-36)49(50,51)52)56-47(59)37-12-5-9-35(29-37)11-8-21-64-23-25-66-27-28-67-26-24-65-22-20-55-68(62,63)42-15-7-13-39(31-42)48(60)61/h5-7,9-10,12-19,29-33,55H,3-4,8,11,20-28,34H2,1-2H3,(H,54,58)(H,56,59)(H,60,61). The molecule has 0 bridgehead atoms. The van der Waals surface area contributed by atoms with Crippen LogP contribution in [0.4, 0.5) is 24.5 Å². The zero-order chi connectivity index (χ0) is 48.9. The number of hydrogen-bond donors (Lipinski definition) is 4. The van der Waals surface area contributed by atoms with Gasteiger partial charge in [-0.05, 0) is 111 Å². The molecule has 4 N–H and O–H groups in total.